The van der Waals surface area contributed by atoms with Gasteiger partial charge in [-0.15, -0.1) is 0 Å². The van der Waals surface area contributed by atoms with Crippen LogP contribution in [0.15, 0.2) is 34.8 Å². The van der Waals surface area contributed by atoms with Gasteiger partial charge in [0.15, 0.2) is 0 Å². The number of ketones is 1. The van der Waals surface area contributed by atoms with Crippen molar-refractivity contribution in [2.45, 2.75) is 26.7 Å². The summed E-state index contributed by atoms with van der Waals surface area (Å²) in [5.74, 6) is 0.229. The molecule has 1 aliphatic rings. The molecule has 0 heterocycles. The minimum absolute atomic E-state index is 0.229. The van der Waals surface area contributed by atoms with Gasteiger partial charge < -0.3 is 0 Å². The van der Waals surface area contributed by atoms with Crippen molar-refractivity contribution < 1.29 is 4.79 Å². The molecular formula is C14H15BrO. The van der Waals surface area contributed by atoms with Crippen molar-refractivity contribution in [2.24, 2.45) is 5.41 Å². The number of Topliss-reactive ketones (excluding diaryl/α,β-unsaturated/α-hetero) is 1. The van der Waals surface area contributed by atoms with Gasteiger partial charge in [-0.2, -0.15) is 0 Å². The van der Waals surface area contributed by atoms with E-state index in [9.17, 15) is 4.79 Å². The standard InChI is InChI=1S/C14H15BrO/c1-9(2)14(10(3)16)7-11-4-5-13(15)6-12(11)8-14/h4-6H,1,7-8H2,2-3H3. The van der Waals surface area contributed by atoms with E-state index in [0.29, 0.717) is 0 Å². The molecule has 1 aromatic rings. The molecule has 0 radical (unpaired) electrons. The molecule has 0 spiro atoms. The van der Waals surface area contributed by atoms with Crippen LogP contribution in [0.5, 0.6) is 0 Å². The van der Waals surface area contributed by atoms with Crippen LogP contribution in [0.4, 0.5) is 0 Å². The number of fused-ring (bicyclic) bond motifs is 1. The number of carbonyl (C=O) groups is 1. The molecule has 2 rings (SSSR count). The Labute approximate surface area is 105 Å². The number of hydrogen-bond acceptors (Lipinski definition) is 1. The lowest BCUT2D eigenvalue weighted by molar-refractivity contribution is -0.124. The highest BCUT2D eigenvalue weighted by atomic mass is 79.9. The van der Waals surface area contributed by atoms with Crippen molar-refractivity contribution >= 4 is 21.7 Å². The first-order chi connectivity index (χ1) is 7.45. The van der Waals surface area contributed by atoms with Crippen LogP contribution in [0.1, 0.15) is 25.0 Å². The molecule has 1 aromatic carbocycles. The number of hydrogen-bond donors (Lipinski definition) is 0. The zero-order valence-corrected chi connectivity index (χ0v) is 11.2. The second kappa shape index (κ2) is 3.85. The Morgan fingerprint density at radius 3 is 2.50 bits per heavy atom. The first kappa shape index (κ1) is 11.6. The molecule has 0 saturated heterocycles. The zero-order valence-electron chi connectivity index (χ0n) is 9.64. The summed E-state index contributed by atoms with van der Waals surface area (Å²) in [7, 11) is 0. The summed E-state index contributed by atoms with van der Waals surface area (Å²) in [5, 5.41) is 0. The fraction of sp³-hybridized carbons (Fsp3) is 0.357. The van der Waals surface area contributed by atoms with Crippen molar-refractivity contribution in [1.82, 2.24) is 0 Å². The average molecular weight is 279 g/mol. The van der Waals surface area contributed by atoms with Gasteiger partial charge in [0.05, 0.1) is 5.41 Å². The van der Waals surface area contributed by atoms with E-state index >= 15 is 0 Å². The molecule has 0 saturated carbocycles. The van der Waals surface area contributed by atoms with Crippen molar-refractivity contribution in [3.8, 4) is 0 Å². The maximum atomic E-state index is 11.9. The molecule has 16 heavy (non-hydrogen) atoms. The number of halogens is 1. The summed E-state index contributed by atoms with van der Waals surface area (Å²) in [4.78, 5) is 11.9. The Morgan fingerprint density at radius 2 is 1.94 bits per heavy atom. The predicted molar refractivity (Wildman–Crippen MR) is 69.5 cm³/mol. The largest absolute Gasteiger partial charge is 0.299 e. The maximum Gasteiger partial charge on any atom is 0.140 e. The van der Waals surface area contributed by atoms with Crippen LogP contribution in [0.3, 0.4) is 0 Å². The SMILES string of the molecule is C=C(C)C1(C(C)=O)Cc2ccc(Br)cc2C1. The van der Waals surface area contributed by atoms with Crippen molar-refractivity contribution in [3.63, 3.8) is 0 Å². The monoisotopic (exact) mass is 278 g/mol. The third-order valence-corrected chi connectivity index (χ3v) is 4.14. The highest BCUT2D eigenvalue weighted by Gasteiger charge is 2.41. The average Bonchev–Trinajstić information content (AvgIpc) is 2.57. The summed E-state index contributed by atoms with van der Waals surface area (Å²) in [6.45, 7) is 7.64. The molecule has 1 unspecified atom stereocenters. The molecular weight excluding hydrogens is 264 g/mol. The van der Waals surface area contributed by atoms with E-state index < -0.39 is 0 Å². The van der Waals surface area contributed by atoms with Gasteiger partial charge in [0.25, 0.3) is 0 Å². The van der Waals surface area contributed by atoms with E-state index in [1.165, 1.54) is 11.1 Å². The van der Waals surface area contributed by atoms with Crippen LogP contribution in [0.25, 0.3) is 0 Å². The molecule has 2 heteroatoms. The molecule has 1 nitrogen and oxygen atoms in total. The molecule has 0 bridgehead atoms. The summed E-state index contributed by atoms with van der Waals surface area (Å²) in [6, 6.07) is 6.25. The van der Waals surface area contributed by atoms with Crippen molar-refractivity contribution in [3.05, 3.63) is 46.0 Å². The van der Waals surface area contributed by atoms with Gasteiger partial charge in [-0.3, -0.25) is 4.79 Å². The van der Waals surface area contributed by atoms with Gasteiger partial charge in [0.2, 0.25) is 0 Å². The van der Waals surface area contributed by atoms with Gasteiger partial charge in [0.1, 0.15) is 5.78 Å². The normalized spacial score (nSPS) is 22.9. The lowest BCUT2D eigenvalue weighted by Crippen LogP contribution is -2.30. The van der Waals surface area contributed by atoms with Crippen LogP contribution in [0.2, 0.25) is 0 Å². The van der Waals surface area contributed by atoms with E-state index in [4.69, 9.17) is 0 Å². The zero-order chi connectivity index (χ0) is 11.9. The Hall–Kier alpha value is -0.890. The minimum Gasteiger partial charge on any atom is -0.299 e. The molecule has 0 fully saturated rings. The molecule has 0 aromatic heterocycles. The van der Waals surface area contributed by atoms with Crippen LogP contribution in [0, 0.1) is 5.41 Å². The van der Waals surface area contributed by atoms with Gasteiger partial charge in [0, 0.05) is 4.47 Å². The highest BCUT2D eigenvalue weighted by Crippen LogP contribution is 2.43. The van der Waals surface area contributed by atoms with E-state index in [-0.39, 0.29) is 11.2 Å². The lowest BCUT2D eigenvalue weighted by atomic mass is 9.75. The molecule has 0 amide bonds. The number of benzene rings is 1. The van der Waals surface area contributed by atoms with Gasteiger partial charge in [-0.25, -0.2) is 0 Å². The smallest absolute Gasteiger partial charge is 0.140 e. The van der Waals surface area contributed by atoms with E-state index in [2.05, 4.69) is 34.6 Å². The summed E-state index contributed by atoms with van der Waals surface area (Å²) in [5.41, 5.74) is 3.17. The third-order valence-electron chi connectivity index (χ3n) is 3.64. The maximum absolute atomic E-state index is 11.9. The van der Waals surface area contributed by atoms with Gasteiger partial charge in [-0.05, 0) is 49.9 Å². The molecule has 1 atom stereocenters. The van der Waals surface area contributed by atoms with Crippen molar-refractivity contribution in [2.75, 3.05) is 0 Å². The quantitative estimate of drug-likeness (QED) is 0.754. The predicted octanol–water partition coefficient (Wildman–Crippen LogP) is 3.70. The fourth-order valence-corrected chi connectivity index (χ4v) is 2.90. The van der Waals surface area contributed by atoms with Gasteiger partial charge in [-0.1, -0.05) is 34.1 Å². The Bertz CT molecular complexity index is 460. The molecule has 1 aliphatic carbocycles. The van der Waals surface area contributed by atoms with Crippen LogP contribution in [-0.4, -0.2) is 5.78 Å². The van der Waals surface area contributed by atoms with Gasteiger partial charge >= 0.3 is 0 Å². The molecule has 84 valence electrons. The fourth-order valence-electron chi connectivity index (χ4n) is 2.50. The third kappa shape index (κ3) is 1.65. The Kier molecular flexibility index (Phi) is 2.79. The second-order valence-corrected chi connectivity index (χ2v) is 5.60. The van der Waals surface area contributed by atoms with Crippen LogP contribution >= 0.6 is 15.9 Å². The number of allylic oxidation sites excluding steroid dienone is 1. The summed E-state index contributed by atoms with van der Waals surface area (Å²) < 4.78 is 1.08. The van der Waals surface area contributed by atoms with E-state index in [1.54, 1.807) is 6.92 Å². The number of rotatable bonds is 2. The van der Waals surface area contributed by atoms with E-state index in [0.717, 1.165) is 22.9 Å². The van der Waals surface area contributed by atoms with Crippen molar-refractivity contribution in [1.29, 1.82) is 0 Å². The summed E-state index contributed by atoms with van der Waals surface area (Å²) in [6.07, 6.45) is 1.60. The summed E-state index contributed by atoms with van der Waals surface area (Å²) >= 11 is 3.47. The van der Waals surface area contributed by atoms with E-state index in [1.807, 2.05) is 13.0 Å². The first-order valence-electron chi connectivity index (χ1n) is 5.40. The Morgan fingerprint density at radius 1 is 1.31 bits per heavy atom. The minimum atomic E-state index is -0.358. The van der Waals surface area contributed by atoms with Crippen LogP contribution in [-0.2, 0) is 17.6 Å². The Balaban J connectivity index is 2.46. The highest BCUT2D eigenvalue weighted by molar-refractivity contribution is 9.10. The lowest BCUT2D eigenvalue weighted by Gasteiger charge is -2.26. The van der Waals surface area contributed by atoms with Crippen LogP contribution < -0.4 is 0 Å². The molecule has 0 aliphatic heterocycles. The molecule has 0 N–H and O–H groups in total. The first-order valence-corrected chi connectivity index (χ1v) is 6.19. The topological polar surface area (TPSA) is 17.1 Å². The number of carbonyl (C=O) groups excluding carboxylic acids is 1. The second-order valence-electron chi connectivity index (χ2n) is 4.69.